The molecule has 0 aromatic carbocycles. The predicted octanol–water partition coefficient (Wildman–Crippen LogP) is 5.11. The Morgan fingerprint density at radius 1 is 0.957 bits per heavy atom. The van der Waals surface area contributed by atoms with Gasteiger partial charge in [-0.2, -0.15) is 26.3 Å². The Labute approximate surface area is 129 Å². The van der Waals surface area contributed by atoms with Crippen molar-refractivity contribution in [2.75, 3.05) is 0 Å². The number of hydrogen-bond acceptors (Lipinski definition) is 2. The minimum atomic E-state index is -5.88. The van der Waals surface area contributed by atoms with Gasteiger partial charge in [-0.1, -0.05) is 26.2 Å². The van der Waals surface area contributed by atoms with Crippen LogP contribution in [-0.4, -0.2) is 29.6 Å². The van der Waals surface area contributed by atoms with Crippen molar-refractivity contribution in [3.8, 4) is 0 Å². The molecule has 9 heteroatoms. The summed E-state index contributed by atoms with van der Waals surface area (Å²) in [5.74, 6) is -4.10. The number of halogens is 7. The molecular formula is C14H19F7O2. The van der Waals surface area contributed by atoms with E-state index in [1.807, 2.05) is 0 Å². The molecule has 1 aliphatic carbocycles. The predicted molar refractivity (Wildman–Crippen MR) is 67.3 cm³/mol. The second-order valence-corrected chi connectivity index (χ2v) is 6.01. The van der Waals surface area contributed by atoms with Gasteiger partial charge >= 0.3 is 23.9 Å². The van der Waals surface area contributed by atoms with Crippen molar-refractivity contribution < 1.29 is 40.3 Å². The summed E-state index contributed by atoms with van der Waals surface area (Å²) in [6, 6.07) is 0. The van der Waals surface area contributed by atoms with E-state index in [0.29, 0.717) is 13.3 Å². The molecule has 1 rings (SSSR count). The lowest BCUT2D eigenvalue weighted by Gasteiger charge is -2.44. The van der Waals surface area contributed by atoms with Crippen molar-refractivity contribution >= 4 is 5.97 Å². The molecule has 1 fully saturated rings. The first kappa shape index (κ1) is 20.0. The Morgan fingerprint density at radius 2 is 1.39 bits per heavy atom. The van der Waals surface area contributed by atoms with Gasteiger partial charge < -0.3 is 4.74 Å². The molecule has 1 unspecified atom stereocenters. The van der Waals surface area contributed by atoms with Gasteiger partial charge in [-0.05, 0) is 26.2 Å². The lowest BCUT2D eigenvalue weighted by atomic mass is 9.75. The number of ether oxygens (including phenoxy) is 1. The van der Waals surface area contributed by atoms with Crippen molar-refractivity contribution in [3.63, 3.8) is 0 Å². The molecule has 0 amide bonds. The zero-order valence-corrected chi connectivity index (χ0v) is 12.8. The van der Waals surface area contributed by atoms with Crippen LogP contribution < -0.4 is 0 Å². The lowest BCUT2D eigenvalue weighted by molar-refractivity contribution is -0.389. The van der Waals surface area contributed by atoms with Gasteiger partial charge in [0.05, 0.1) is 0 Å². The summed E-state index contributed by atoms with van der Waals surface area (Å²) in [7, 11) is 0. The summed E-state index contributed by atoms with van der Waals surface area (Å²) in [4.78, 5) is 11.7. The summed E-state index contributed by atoms with van der Waals surface area (Å²) in [5.41, 5.74) is -7.59. The number of alkyl halides is 7. The van der Waals surface area contributed by atoms with Crippen molar-refractivity contribution in [1.29, 1.82) is 0 Å². The molecule has 0 bridgehead atoms. The van der Waals surface area contributed by atoms with Crippen molar-refractivity contribution in [2.24, 2.45) is 5.92 Å². The fraction of sp³-hybridized carbons (Fsp3) is 0.929. The highest BCUT2D eigenvalue weighted by molar-refractivity contribution is 5.79. The highest BCUT2D eigenvalue weighted by atomic mass is 19.4. The smallest absolute Gasteiger partial charge is 0.437 e. The molecule has 0 aromatic heterocycles. The van der Waals surface area contributed by atoms with Crippen LogP contribution in [0.15, 0.2) is 0 Å². The average molecular weight is 352 g/mol. The zero-order valence-electron chi connectivity index (χ0n) is 12.8. The van der Waals surface area contributed by atoms with E-state index in [9.17, 15) is 35.5 Å². The Kier molecular flexibility index (Phi) is 5.63. The van der Waals surface area contributed by atoms with Gasteiger partial charge in [-0.3, -0.25) is 0 Å². The number of carbonyl (C=O) groups excluding carboxylic acids is 1. The van der Waals surface area contributed by atoms with Crippen molar-refractivity contribution in [3.05, 3.63) is 0 Å². The number of esters is 1. The quantitative estimate of drug-likeness (QED) is 0.519. The first-order chi connectivity index (χ1) is 10.3. The van der Waals surface area contributed by atoms with E-state index >= 15 is 0 Å². The first-order valence-corrected chi connectivity index (χ1v) is 7.35. The van der Waals surface area contributed by atoms with E-state index < -0.39 is 41.9 Å². The highest BCUT2D eigenvalue weighted by Crippen LogP contribution is 2.54. The fourth-order valence-electron chi connectivity index (χ4n) is 2.73. The molecule has 1 atom stereocenters. The number of hydrogen-bond donors (Lipinski definition) is 0. The summed E-state index contributed by atoms with van der Waals surface area (Å²) in [6.45, 7) is 1.73. The van der Waals surface area contributed by atoms with Gasteiger partial charge in [-0.25, -0.2) is 9.18 Å². The molecule has 0 saturated heterocycles. The summed E-state index contributed by atoms with van der Waals surface area (Å²) >= 11 is 0. The van der Waals surface area contributed by atoms with Crippen LogP contribution in [0.2, 0.25) is 0 Å². The van der Waals surface area contributed by atoms with E-state index in [4.69, 9.17) is 0 Å². The molecule has 0 radical (unpaired) electrons. The van der Waals surface area contributed by atoms with Gasteiger partial charge in [0.1, 0.15) is 0 Å². The van der Waals surface area contributed by atoms with Crippen LogP contribution in [0, 0.1) is 5.92 Å². The van der Waals surface area contributed by atoms with E-state index in [-0.39, 0.29) is 25.7 Å². The molecule has 136 valence electrons. The lowest BCUT2D eigenvalue weighted by Crippen LogP contribution is -2.65. The van der Waals surface area contributed by atoms with Crippen LogP contribution >= 0.6 is 0 Å². The third-order valence-electron chi connectivity index (χ3n) is 4.37. The van der Waals surface area contributed by atoms with Crippen molar-refractivity contribution in [1.82, 2.24) is 0 Å². The molecule has 1 aliphatic rings. The standard InChI is InChI=1S/C14H19F7O2/c1-3-11(2,15)10(22)23-12(13(16,17)18,14(19,20)21)9-7-5-4-6-8-9/h9H,3-8H2,1-2H3. The third-order valence-corrected chi connectivity index (χ3v) is 4.37. The monoisotopic (exact) mass is 352 g/mol. The van der Waals surface area contributed by atoms with Crippen LogP contribution in [0.1, 0.15) is 52.4 Å². The summed E-state index contributed by atoms with van der Waals surface area (Å²) in [5, 5.41) is 0. The van der Waals surface area contributed by atoms with Gasteiger partial charge in [0.25, 0.3) is 0 Å². The fourth-order valence-corrected chi connectivity index (χ4v) is 2.73. The van der Waals surface area contributed by atoms with E-state index in [0.717, 1.165) is 6.92 Å². The second-order valence-electron chi connectivity index (χ2n) is 6.01. The summed E-state index contributed by atoms with van der Waals surface area (Å²) in [6.07, 6.45) is -12.3. The molecule has 0 aliphatic heterocycles. The van der Waals surface area contributed by atoms with E-state index in [1.165, 1.54) is 0 Å². The SMILES string of the molecule is CCC(C)(F)C(=O)OC(C1CCCCC1)(C(F)(F)F)C(F)(F)F. The Balaban J connectivity index is 3.36. The minimum absolute atomic E-state index is 0.163. The van der Waals surface area contributed by atoms with Crippen LogP contribution in [0.25, 0.3) is 0 Å². The van der Waals surface area contributed by atoms with Crippen LogP contribution in [0.3, 0.4) is 0 Å². The maximum atomic E-state index is 13.9. The van der Waals surface area contributed by atoms with Gasteiger partial charge in [0.2, 0.25) is 5.67 Å². The molecule has 1 saturated carbocycles. The number of rotatable bonds is 4. The van der Waals surface area contributed by atoms with E-state index in [2.05, 4.69) is 4.74 Å². The maximum absolute atomic E-state index is 13.9. The van der Waals surface area contributed by atoms with Crippen LogP contribution in [0.5, 0.6) is 0 Å². The molecule has 23 heavy (non-hydrogen) atoms. The largest absolute Gasteiger partial charge is 0.437 e. The Hall–Kier alpha value is -1.02. The van der Waals surface area contributed by atoms with E-state index in [1.54, 1.807) is 0 Å². The minimum Gasteiger partial charge on any atom is -0.437 e. The Morgan fingerprint density at radius 3 is 1.74 bits per heavy atom. The van der Waals surface area contributed by atoms with Crippen LogP contribution in [0.4, 0.5) is 30.7 Å². The van der Waals surface area contributed by atoms with Gasteiger partial charge in [0, 0.05) is 5.92 Å². The molecule has 0 spiro atoms. The van der Waals surface area contributed by atoms with Crippen LogP contribution in [-0.2, 0) is 9.53 Å². The molecule has 2 nitrogen and oxygen atoms in total. The third kappa shape index (κ3) is 3.74. The topological polar surface area (TPSA) is 26.3 Å². The molecular weight excluding hydrogens is 333 g/mol. The molecule has 0 aromatic rings. The molecule has 0 N–H and O–H groups in total. The molecule has 0 heterocycles. The van der Waals surface area contributed by atoms with Gasteiger partial charge in [-0.15, -0.1) is 0 Å². The number of carbonyl (C=O) groups is 1. The first-order valence-electron chi connectivity index (χ1n) is 7.35. The Bertz CT molecular complexity index is 406. The van der Waals surface area contributed by atoms with Crippen molar-refractivity contribution in [2.45, 2.75) is 76.0 Å². The summed E-state index contributed by atoms with van der Waals surface area (Å²) < 4.78 is 98.1. The second kappa shape index (κ2) is 6.47. The zero-order chi connectivity index (χ0) is 18.1. The highest BCUT2D eigenvalue weighted by Gasteiger charge is 2.77. The van der Waals surface area contributed by atoms with Gasteiger partial charge in [0.15, 0.2) is 0 Å². The average Bonchev–Trinajstić information content (AvgIpc) is 2.42. The normalized spacial score (nSPS) is 20.9. The maximum Gasteiger partial charge on any atom is 0.437 e.